The van der Waals surface area contributed by atoms with Gasteiger partial charge in [-0.25, -0.2) is 18.2 Å². The van der Waals surface area contributed by atoms with Crippen LogP contribution in [-0.4, -0.2) is 67.3 Å². The zero-order valence-electron chi connectivity index (χ0n) is 14.9. The molecule has 0 atom stereocenters. The van der Waals surface area contributed by atoms with Crippen molar-refractivity contribution in [2.24, 2.45) is 0 Å². The molecule has 11 heteroatoms. The highest BCUT2D eigenvalue weighted by molar-refractivity contribution is 7.91. The standard InChI is InChI=1S/C15H18N2O3S.C2HF3O2/c1-20-15-10-12(13-4-2-3-5-14(13)16-15)11-17-6-8-21(18,19)9-7-17;3-2(4,5)1(6)7/h2-5,10H,6-9,11H2,1H3;(H,6,7). The number of sulfone groups is 1. The van der Waals surface area contributed by atoms with E-state index in [2.05, 4.69) is 9.88 Å². The minimum absolute atomic E-state index is 0.243. The summed E-state index contributed by atoms with van der Waals surface area (Å²) in [6, 6.07) is 9.87. The van der Waals surface area contributed by atoms with Gasteiger partial charge in [0.05, 0.1) is 24.1 Å². The number of alkyl halides is 3. The van der Waals surface area contributed by atoms with Crippen LogP contribution in [0.4, 0.5) is 13.2 Å². The number of aromatic nitrogens is 1. The number of carboxylic acid groups (broad SMARTS) is 1. The fourth-order valence-corrected chi connectivity index (χ4v) is 3.88. The van der Waals surface area contributed by atoms with Gasteiger partial charge in [-0.15, -0.1) is 0 Å². The van der Waals surface area contributed by atoms with Gasteiger partial charge in [0.2, 0.25) is 5.88 Å². The average Bonchev–Trinajstić information content (AvgIpc) is 2.63. The maximum absolute atomic E-state index is 11.5. The first-order valence-electron chi connectivity index (χ1n) is 8.17. The van der Waals surface area contributed by atoms with Crippen LogP contribution in [0, 0.1) is 0 Å². The van der Waals surface area contributed by atoms with Crippen LogP contribution in [0.25, 0.3) is 10.9 Å². The van der Waals surface area contributed by atoms with Gasteiger partial charge in [0, 0.05) is 31.1 Å². The summed E-state index contributed by atoms with van der Waals surface area (Å²) in [5.74, 6) is -1.68. The van der Waals surface area contributed by atoms with Crippen LogP contribution in [0.1, 0.15) is 5.56 Å². The molecule has 0 amide bonds. The van der Waals surface area contributed by atoms with Crippen LogP contribution < -0.4 is 4.74 Å². The molecule has 1 aliphatic rings. The van der Waals surface area contributed by atoms with E-state index in [1.165, 1.54) is 0 Å². The van der Waals surface area contributed by atoms with Crippen LogP contribution in [-0.2, 0) is 21.2 Å². The molecule has 1 saturated heterocycles. The SMILES string of the molecule is COc1cc(CN2CCS(=O)(=O)CC2)c2ccccc2n1.O=C(O)C(F)(F)F. The minimum atomic E-state index is -5.08. The van der Waals surface area contributed by atoms with Gasteiger partial charge in [-0.3, -0.25) is 4.90 Å². The number of carboxylic acids is 1. The molecule has 0 unspecified atom stereocenters. The van der Waals surface area contributed by atoms with Crippen LogP contribution in [0.5, 0.6) is 5.88 Å². The Morgan fingerprint density at radius 1 is 1.25 bits per heavy atom. The molecule has 3 rings (SSSR count). The predicted molar refractivity (Wildman–Crippen MR) is 95.9 cm³/mol. The van der Waals surface area contributed by atoms with Crippen LogP contribution in [0.2, 0.25) is 0 Å². The summed E-state index contributed by atoms with van der Waals surface area (Å²) in [5, 5.41) is 8.21. The van der Waals surface area contributed by atoms with E-state index in [-0.39, 0.29) is 11.5 Å². The van der Waals surface area contributed by atoms with Crippen molar-refractivity contribution in [1.29, 1.82) is 0 Å². The lowest BCUT2D eigenvalue weighted by molar-refractivity contribution is -0.192. The van der Waals surface area contributed by atoms with Gasteiger partial charge < -0.3 is 9.84 Å². The lowest BCUT2D eigenvalue weighted by Gasteiger charge is -2.27. The molecule has 1 aliphatic heterocycles. The van der Waals surface area contributed by atoms with E-state index in [0.717, 1.165) is 23.0 Å². The Morgan fingerprint density at radius 2 is 1.82 bits per heavy atom. The molecule has 28 heavy (non-hydrogen) atoms. The molecule has 0 bridgehead atoms. The van der Waals surface area contributed by atoms with E-state index < -0.39 is 22.0 Å². The zero-order chi connectivity index (χ0) is 20.9. The van der Waals surface area contributed by atoms with Crippen molar-refractivity contribution in [2.45, 2.75) is 12.7 Å². The summed E-state index contributed by atoms with van der Waals surface area (Å²) >= 11 is 0. The van der Waals surface area contributed by atoms with E-state index in [0.29, 0.717) is 19.0 Å². The highest BCUT2D eigenvalue weighted by Gasteiger charge is 2.38. The molecule has 0 spiro atoms. The number of ether oxygens (including phenoxy) is 1. The van der Waals surface area contributed by atoms with Crippen molar-refractivity contribution in [2.75, 3.05) is 31.7 Å². The number of hydrogen-bond donors (Lipinski definition) is 1. The number of methoxy groups -OCH3 is 1. The summed E-state index contributed by atoms with van der Waals surface area (Å²) in [4.78, 5) is 15.5. The molecule has 1 aromatic heterocycles. The average molecular weight is 420 g/mol. The maximum atomic E-state index is 11.5. The Labute approximate surface area is 159 Å². The molecule has 1 aromatic carbocycles. The first-order chi connectivity index (χ1) is 13.0. The Kier molecular flexibility index (Phi) is 6.83. The number of rotatable bonds is 3. The second kappa shape index (κ2) is 8.74. The number of para-hydroxylation sites is 1. The second-order valence-electron chi connectivity index (χ2n) is 6.07. The number of carbonyl (C=O) groups is 1. The Balaban J connectivity index is 0.000000345. The number of aliphatic carboxylic acids is 1. The van der Waals surface area contributed by atoms with Crippen molar-refractivity contribution in [1.82, 2.24) is 9.88 Å². The highest BCUT2D eigenvalue weighted by Crippen LogP contribution is 2.23. The number of fused-ring (bicyclic) bond motifs is 1. The third kappa shape index (κ3) is 6.06. The topological polar surface area (TPSA) is 96.8 Å². The first-order valence-corrected chi connectivity index (χ1v) is 9.99. The first kappa shape index (κ1) is 21.9. The smallest absolute Gasteiger partial charge is 0.481 e. The lowest BCUT2D eigenvalue weighted by Crippen LogP contribution is -2.39. The molecule has 0 aliphatic carbocycles. The van der Waals surface area contributed by atoms with Crippen molar-refractivity contribution in [3.63, 3.8) is 0 Å². The number of hydrogen-bond acceptors (Lipinski definition) is 6. The van der Waals surface area contributed by atoms with Crippen molar-refractivity contribution < 1.29 is 36.2 Å². The lowest BCUT2D eigenvalue weighted by atomic mass is 10.1. The molecular formula is C17H19F3N2O5S. The third-order valence-electron chi connectivity index (χ3n) is 4.06. The van der Waals surface area contributed by atoms with Gasteiger partial charge in [-0.05, 0) is 11.6 Å². The third-order valence-corrected chi connectivity index (χ3v) is 5.67. The summed E-state index contributed by atoms with van der Waals surface area (Å²) in [5.41, 5.74) is 2.02. The van der Waals surface area contributed by atoms with Crippen molar-refractivity contribution >= 4 is 26.7 Å². The molecule has 7 nitrogen and oxygen atoms in total. The fourth-order valence-electron chi connectivity index (χ4n) is 2.61. The number of benzene rings is 1. The molecule has 2 heterocycles. The molecular weight excluding hydrogens is 401 g/mol. The van der Waals surface area contributed by atoms with Gasteiger partial charge in [0.15, 0.2) is 9.84 Å². The summed E-state index contributed by atoms with van der Waals surface area (Å²) in [6.45, 7) is 1.89. The van der Waals surface area contributed by atoms with Gasteiger partial charge in [-0.2, -0.15) is 13.2 Å². The summed E-state index contributed by atoms with van der Waals surface area (Å²) in [7, 11) is -1.24. The Morgan fingerprint density at radius 3 is 2.36 bits per heavy atom. The quantitative estimate of drug-likeness (QED) is 0.812. The fraction of sp³-hybridized carbons (Fsp3) is 0.412. The molecule has 1 fully saturated rings. The number of pyridine rings is 1. The van der Waals surface area contributed by atoms with E-state index in [1.54, 1.807) is 7.11 Å². The highest BCUT2D eigenvalue weighted by atomic mass is 32.2. The van der Waals surface area contributed by atoms with Crippen molar-refractivity contribution in [3.8, 4) is 5.88 Å². The molecule has 154 valence electrons. The van der Waals surface area contributed by atoms with Gasteiger partial charge in [0.1, 0.15) is 0 Å². The summed E-state index contributed by atoms with van der Waals surface area (Å²) in [6.07, 6.45) is -5.08. The zero-order valence-corrected chi connectivity index (χ0v) is 15.8. The molecule has 1 N–H and O–H groups in total. The molecule has 0 radical (unpaired) electrons. The van der Waals surface area contributed by atoms with E-state index in [9.17, 15) is 21.6 Å². The van der Waals surface area contributed by atoms with Gasteiger partial charge in [0.25, 0.3) is 0 Å². The largest absolute Gasteiger partial charge is 0.490 e. The predicted octanol–water partition coefficient (Wildman–Crippen LogP) is 2.11. The number of halogens is 3. The maximum Gasteiger partial charge on any atom is 0.490 e. The number of nitrogens with zero attached hydrogens (tertiary/aromatic N) is 2. The monoisotopic (exact) mass is 420 g/mol. The van der Waals surface area contributed by atoms with Gasteiger partial charge >= 0.3 is 12.1 Å². The molecule has 0 saturated carbocycles. The Hall–Kier alpha value is -2.40. The van der Waals surface area contributed by atoms with Crippen molar-refractivity contribution in [3.05, 3.63) is 35.9 Å². The minimum Gasteiger partial charge on any atom is -0.481 e. The van der Waals surface area contributed by atoms with Crippen LogP contribution >= 0.6 is 0 Å². The molecule has 2 aromatic rings. The van der Waals surface area contributed by atoms with E-state index in [4.69, 9.17) is 14.6 Å². The van der Waals surface area contributed by atoms with E-state index in [1.807, 2.05) is 30.3 Å². The summed E-state index contributed by atoms with van der Waals surface area (Å²) < 4.78 is 60.0. The second-order valence-corrected chi connectivity index (χ2v) is 8.38. The normalized spacial score (nSPS) is 16.9. The Bertz CT molecular complexity index is 933. The van der Waals surface area contributed by atoms with Gasteiger partial charge in [-0.1, -0.05) is 18.2 Å². The van der Waals surface area contributed by atoms with Crippen LogP contribution in [0.3, 0.4) is 0 Å². The van der Waals surface area contributed by atoms with E-state index >= 15 is 0 Å². The van der Waals surface area contributed by atoms with Crippen LogP contribution in [0.15, 0.2) is 30.3 Å².